The van der Waals surface area contributed by atoms with Crippen LogP contribution in [0.25, 0.3) is 0 Å². The molecule has 1 fully saturated rings. The maximum atomic E-state index is 13.1. The van der Waals surface area contributed by atoms with Gasteiger partial charge in [-0.05, 0) is 56.2 Å². The summed E-state index contributed by atoms with van der Waals surface area (Å²) in [6, 6.07) is 9.06. The summed E-state index contributed by atoms with van der Waals surface area (Å²) in [5, 5.41) is 0. The quantitative estimate of drug-likeness (QED) is 0.814. The molecule has 124 valence electrons. The molecular formula is C17H20FNO2S2. The predicted molar refractivity (Wildman–Crippen MR) is 90.6 cm³/mol. The van der Waals surface area contributed by atoms with Crippen LogP contribution in [0, 0.1) is 12.7 Å². The number of hydrogen-bond donors (Lipinski definition) is 0. The molecule has 1 saturated heterocycles. The van der Waals surface area contributed by atoms with E-state index >= 15 is 0 Å². The first kappa shape index (κ1) is 16.6. The summed E-state index contributed by atoms with van der Waals surface area (Å²) in [6.45, 7) is 2.55. The third-order valence-electron chi connectivity index (χ3n) is 4.21. The normalized spacial score (nSPS) is 20.3. The van der Waals surface area contributed by atoms with Crippen molar-refractivity contribution in [3.63, 3.8) is 0 Å². The van der Waals surface area contributed by atoms with Crippen LogP contribution in [0.2, 0.25) is 0 Å². The molecule has 0 radical (unpaired) electrons. The molecule has 3 nitrogen and oxygen atoms in total. The van der Waals surface area contributed by atoms with E-state index in [1.54, 1.807) is 15.6 Å². The Balaban J connectivity index is 2.00. The van der Waals surface area contributed by atoms with Gasteiger partial charge in [-0.2, -0.15) is 4.31 Å². The zero-order valence-corrected chi connectivity index (χ0v) is 14.7. The Kier molecular flexibility index (Phi) is 4.85. The molecule has 2 heterocycles. The monoisotopic (exact) mass is 353 g/mol. The van der Waals surface area contributed by atoms with E-state index in [9.17, 15) is 12.8 Å². The lowest BCUT2D eigenvalue weighted by molar-refractivity contribution is 0.333. The number of hydrogen-bond acceptors (Lipinski definition) is 3. The Morgan fingerprint density at radius 1 is 1.09 bits per heavy atom. The van der Waals surface area contributed by atoms with Gasteiger partial charge in [0.1, 0.15) is 5.82 Å². The smallest absolute Gasteiger partial charge is 0.207 e. The Morgan fingerprint density at radius 3 is 2.48 bits per heavy atom. The summed E-state index contributed by atoms with van der Waals surface area (Å²) >= 11 is 1.65. The molecule has 0 amide bonds. The number of aryl methyl sites for hydroxylation is 1. The third kappa shape index (κ3) is 3.49. The first-order valence-electron chi connectivity index (χ1n) is 7.82. The molecule has 1 aromatic carbocycles. The molecule has 3 rings (SSSR count). The zero-order valence-electron chi connectivity index (χ0n) is 13.0. The fourth-order valence-electron chi connectivity index (χ4n) is 3.03. The Labute approximate surface area is 140 Å². The van der Waals surface area contributed by atoms with E-state index in [1.807, 2.05) is 19.1 Å². The first-order valence-corrected chi connectivity index (χ1v) is 10.1. The van der Waals surface area contributed by atoms with Crippen LogP contribution in [0.4, 0.5) is 4.39 Å². The molecule has 0 unspecified atom stereocenters. The molecule has 6 heteroatoms. The van der Waals surface area contributed by atoms with E-state index < -0.39 is 15.8 Å². The van der Waals surface area contributed by atoms with Crippen molar-refractivity contribution in [2.24, 2.45) is 0 Å². The highest BCUT2D eigenvalue weighted by atomic mass is 32.2. The van der Waals surface area contributed by atoms with Crippen LogP contribution in [0.15, 0.2) is 41.3 Å². The van der Waals surface area contributed by atoms with E-state index in [4.69, 9.17) is 0 Å². The zero-order chi connectivity index (χ0) is 16.4. The fourth-order valence-corrected chi connectivity index (χ4v) is 5.79. The lowest BCUT2D eigenvalue weighted by Crippen LogP contribution is -2.34. The van der Waals surface area contributed by atoms with Crippen molar-refractivity contribution in [2.45, 2.75) is 43.5 Å². The summed E-state index contributed by atoms with van der Waals surface area (Å²) in [5.74, 6) is -0.426. The average molecular weight is 353 g/mol. The summed E-state index contributed by atoms with van der Waals surface area (Å²) in [6.07, 6.45) is 3.76. The Bertz CT molecular complexity index is 768. The number of benzene rings is 1. The molecular weight excluding hydrogens is 333 g/mol. The van der Waals surface area contributed by atoms with Crippen LogP contribution in [-0.2, 0) is 10.0 Å². The predicted octanol–water partition coefficient (Wildman–Crippen LogP) is 4.50. The molecule has 0 saturated carbocycles. The van der Waals surface area contributed by atoms with Crippen molar-refractivity contribution < 1.29 is 12.8 Å². The molecule has 1 aliphatic heterocycles. The van der Waals surface area contributed by atoms with Crippen LogP contribution >= 0.6 is 11.3 Å². The molecule has 1 aromatic heterocycles. The number of nitrogens with zero attached hydrogens (tertiary/aromatic N) is 1. The highest BCUT2D eigenvalue weighted by Crippen LogP contribution is 2.37. The van der Waals surface area contributed by atoms with E-state index in [1.165, 1.54) is 29.1 Å². The van der Waals surface area contributed by atoms with E-state index in [2.05, 4.69) is 0 Å². The first-order chi connectivity index (χ1) is 11.0. The van der Waals surface area contributed by atoms with Gasteiger partial charge >= 0.3 is 0 Å². The van der Waals surface area contributed by atoms with Crippen LogP contribution < -0.4 is 0 Å². The van der Waals surface area contributed by atoms with Gasteiger partial charge in [-0.25, -0.2) is 12.8 Å². The topological polar surface area (TPSA) is 37.4 Å². The number of sulfonamides is 1. The van der Waals surface area contributed by atoms with Gasteiger partial charge in [0, 0.05) is 16.3 Å². The average Bonchev–Trinajstić information content (AvgIpc) is 2.80. The molecule has 0 N–H and O–H groups in total. The summed E-state index contributed by atoms with van der Waals surface area (Å²) in [5.41, 5.74) is 0. The van der Waals surface area contributed by atoms with Gasteiger partial charge < -0.3 is 0 Å². The largest absolute Gasteiger partial charge is 0.243 e. The summed E-state index contributed by atoms with van der Waals surface area (Å²) in [7, 11) is -3.62. The highest BCUT2D eigenvalue weighted by molar-refractivity contribution is 7.89. The second-order valence-electron chi connectivity index (χ2n) is 5.88. The Hall–Kier alpha value is -1.24. The van der Waals surface area contributed by atoms with Crippen molar-refractivity contribution >= 4 is 21.4 Å². The van der Waals surface area contributed by atoms with Crippen molar-refractivity contribution in [1.82, 2.24) is 4.31 Å². The van der Waals surface area contributed by atoms with Crippen molar-refractivity contribution in [3.05, 3.63) is 52.0 Å². The molecule has 0 bridgehead atoms. The molecule has 23 heavy (non-hydrogen) atoms. The summed E-state index contributed by atoms with van der Waals surface area (Å²) in [4.78, 5) is 2.44. The van der Waals surface area contributed by atoms with Gasteiger partial charge in [0.15, 0.2) is 0 Å². The van der Waals surface area contributed by atoms with E-state index in [0.717, 1.165) is 30.6 Å². The molecule has 0 aliphatic carbocycles. The number of rotatable bonds is 3. The maximum absolute atomic E-state index is 13.1. The Morgan fingerprint density at radius 2 is 1.83 bits per heavy atom. The van der Waals surface area contributed by atoms with Gasteiger partial charge in [-0.3, -0.25) is 0 Å². The minimum absolute atomic E-state index is 0.119. The van der Waals surface area contributed by atoms with Gasteiger partial charge in [0.05, 0.1) is 10.9 Å². The molecule has 2 aromatic rings. The number of thiophene rings is 1. The minimum atomic E-state index is -3.62. The van der Waals surface area contributed by atoms with Crippen molar-refractivity contribution in [3.8, 4) is 0 Å². The second-order valence-corrected chi connectivity index (χ2v) is 9.09. The van der Waals surface area contributed by atoms with Gasteiger partial charge in [0.25, 0.3) is 0 Å². The molecule has 1 aliphatic rings. The third-order valence-corrected chi connectivity index (χ3v) is 7.24. The number of halogens is 1. The van der Waals surface area contributed by atoms with Crippen LogP contribution in [0.3, 0.4) is 0 Å². The van der Waals surface area contributed by atoms with Crippen LogP contribution in [-0.4, -0.2) is 19.3 Å². The molecule has 1 atom stereocenters. The van der Waals surface area contributed by atoms with Gasteiger partial charge in [0.2, 0.25) is 10.0 Å². The highest BCUT2D eigenvalue weighted by Gasteiger charge is 2.34. The van der Waals surface area contributed by atoms with Crippen molar-refractivity contribution in [1.29, 1.82) is 0 Å². The van der Waals surface area contributed by atoms with Gasteiger partial charge in [-0.15, -0.1) is 11.3 Å². The second kappa shape index (κ2) is 6.71. The van der Waals surface area contributed by atoms with Crippen LogP contribution in [0.1, 0.15) is 41.5 Å². The SMILES string of the molecule is Cc1ccc([C@H]2CCCCCN2S(=O)(=O)c2ccc(F)cc2)s1. The van der Waals surface area contributed by atoms with Crippen LogP contribution in [0.5, 0.6) is 0 Å². The fraction of sp³-hybridized carbons (Fsp3) is 0.412. The minimum Gasteiger partial charge on any atom is -0.207 e. The standard InChI is InChI=1S/C17H20FNO2S2/c1-13-6-11-17(22-13)16-5-3-2-4-12-19(16)23(20,21)15-9-7-14(18)8-10-15/h6-11,16H,2-5,12H2,1H3/t16-/m1/s1. The lowest BCUT2D eigenvalue weighted by atomic mass is 10.1. The van der Waals surface area contributed by atoms with Gasteiger partial charge in [-0.1, -0.05) is 12.8 Å². The van der Waals surface area contributed by atoms with Crippen molar-refractivity contribution in [2.75, 3.05) is 6.54 Å². The summed E-state index contributed by atoms with van der Waals surface area (Å²) < 4.78 is 40.8. The van der Waals surface area contributed by atoms with E-state index in [0.29, 0.717) is 6.54 Å². The molecule has 0 spiro atoms. The maximum Gasteiger partial charge on any atom is 0.243 e. The lowest BCUT2D eigenvalue weighted by Gasteiger charge is -2.28. The van der Waals surface area contributed by atoms with E-state index in [-0.39, 0.29) is 10.9 Å².